The second kappa shape index (κ2) is 9.55. The van der Waals surface area contributed by atoms with Crippen molar-refractivity contribution in [3.05, 3.63) is 59.9 Å². The fraction of sp³-hybridized carbons (Fsp3) is 0.381. The molecule has 144 valence electrons. The first kappa shape index (κ1) is 19.4. The molecule has 2 N–H and O–H groups in total. The Labute approximate surface area is 165 Å². The molecule has 0 aromatic heterocycles. The van der Waals surface area contributed by atoms with Gasteiger partial charge in [-0.1, -0.05) is 12.1 Å². The minimum absolute atomic E-state index is 0.219. The molecule has 2 aromatic carbocycles. The SMILES string of the molecule is CCOc1ccc(NC2CCN(C(=S)NCc3ccc(F)cc3)CC2)cc1. The first-order valence-corrected chi connectivity index (χ1v) is 9.81. The zero-order valence-corrected chi connectivity index (χ0v) is 16.4. The smallest absolute Gasteiger partial charge is 0.169 e. The normalized spacial score (nSPS) is 14.7. The molecule has 1 fully saturated rings. The van der Waals surface area contributed by atoms with Gasteiger partial charge in [0.2, 0.25) is 0 Å². The van der Waals surface area contributed by atoms with Crippen molar-refractivity contribution < 1.29 is 9.13 Å². The van der Waals surface area contributed by atoms with Gasteiger partial charge in [0.15, 0.2) is 5.11 Å². The minimum Gasteiger partial charge on any atom is -0.494 e. The Morgan fingerprint density at radius 3 is 2.41 bits per heavy atom. The third-order valence-electron chi connectivity index (χ3n) is 4.68. The molecule has 3 rings (SSSR count). The van der Waals surface area contributed by atoms with Crippen molar-refractivity contribution in [1.82, 2.24) is 10.2 Å². The molecule has 6 heteroatoms. The molecular formula is C21H26FN3OS. The van der Waals surface area contributed by atoms with Crippen LogP contribution in [0, 0.1) is 5.82 Å². The van der Waals surface area contributed by atoms with E-state index in [1.165, 1.54) is 12.1 Å². The summed E-state index contributed by atoms with van der Waals surface area (Å²) < 4.78 is 18.4. The van der Waals surface area contributed by atoms with E-state index in [0.29, 0.717) is 19.2 Å². The van der Waals surface area contributed by atoms with Crippen LogP contribution in [0.2, 0.25) is 0 Å². The summed E-state index contributed by atoms with van der Waals surface area (Å²) in [6, 6.07) is 15.1. The number of hydrogen-bond donors (Lipinski definition) is 2. The van der Waals surface area contributed by atoms with E-state index in [1.807, 2.05) is 19.1 Å². The molecule has 1 aliphatic heterocycles. The molecule has 2 aromatic rings. The summed E-state index contributed by atoms with van der Waals surface area (Å²) in [4.78, 5) is 2.20. The van der Waals surface area contributed by atoms with Gasteiger partial charge in [0.05, 0.1) is 6.61 Å². The number of piperidine rings is 1. The van der Waals surface area contributed by atoms with Gasteiger partial charge in [-0.2, -0.15) is 0 Å². The molecule has 0 saturated carbocycles. The summed E-state index contributed by atoms with van der Waals surface area (Å²) in [6.45, 7) is 5.12. The lowest BCUT2D eigenvalue weighted by Crippen LogP contribution is -2.46. The lowest BCUT2D eigenvalue weighted by molar-refractivity contribution is 0.320. The molecule has 0 aliphatic carbocycles. The fourth-order valence-corrected chi connectivity index (χ4v) is 3.42. The number of nitrogens with zero attached hydrogens (tertiary/aromatic N) is 1. The molecule has 0 radical (unpaired) electrons. The van der Waals surface area contributed by atoms with Crippen LogP contribution in [-0.4, -0.2) is 35.8 Å². The quantitative estimate of drug-likeness (QED) is 0.728. The van der Waals surface area contributed by atoms with Gasteiger partial charge in [0, 0.05) is 31.4 Å². The molecule has 27 heavy (non-hydrogen) atoms. The summed E-state index contributed by atoms with van der Waals surface area (Å²) in [5.74, 6) is 0.680. The number of anilines is 1. The predicted molar refractivity (Wildman–Crippen MR) is 112 cm³/mol. The third kappa shape index (κ3) is 5.82. The van der Waals surface area contributed by atoms with Crippen molar-refractivity contribution in [2.45, 2.75) is 32.4 Å². The predicted octanol–water partition coefficient (Wildman–Crippen LogP) is 4.18. The zero-order valence-electron chi connectivity index (χ0n) is 15.6. The minimum atomic E-state index is -0.219. The van der Waals surface area contributed by atoms with Crippen molar-refractivity contribution >= 4 is 23.0 Å². The second-order valence-electron chi connectivity index (χ2n) is 6.65. The highest BCUT2D eigenvalue weighted by Gasteiger charge is 2.20. The lowest BCUT2D eigenvalue weighted by Gasteiger charge is -2.34. The summed E-state index contributed by atoms with van der Waals surface area (Å²) in [5, 5.41) is 7.63. The van der Waals surface area contributed by atoms with E-state index in [-0.39, 0.29) is 5.82 Å². The van der Waals surface area contributed by atoms with Crippen molar-refractivity contribution in [3.63, 3.8) is 0 Å². The highest BCUT2D eigenvalue weighted by Crippen LogP contribution is 2.20. The Morgan fingerprint density at radius 1 is 1.11 bits per heavy atom. The van der Waals surface area contributed by atoms with E-state index in [4.69, 9.17) is 17.0 Å². The fourth-order valence-electron chi connectivity index (χ4n) is 3.17. The average Bonchev–Trinajstić information content (AvgIpc) is 2.70. The van der Waals surface area contributed by atoms with Gasteiger partial charge in [-0.15, -0.1) is 0 Å². The Hall–Kier alpha value is -2.34. The van der Waals surface area contributed by atoms with Gasteiger partial charge in [-0.05, 0) is 73.9 Å². The average molecular weight is 388 g/mol. The van der Waals surface area contributed by atoms with E-state index in [9.17, 15) is 4.39 Å². The van der Waals surface area contributed by atoms with Crippen LogP contribution in [0.4, 0.5) is 10.1 Å². The van der Waals surface area contributed by atoms with Crippen LogP contribution in [-0.2, 0) is 6.54 Å². The van der Waals surface area contributed by atoms with Gasteiger partial charge in [-0.25, -0.2) is 4.39 Å². The summed E-state index contributed by atoms with van der Waals surface area (Å²) in [7, 11) is 0. The molecule has 0 bridgehead atoms. The number of thiocarbonyl (C=S) groups is 1. The first-order chi connectivity index (χ1) is 13.1. The number of hydrogen-bond acceptors (Lipinski definition) is 3. The molecule has 4 nitrogen and oxygen atoms in total. The highest BCUT2D eigenvalue weighted by atomic mass is 32.1. The Bertz CT molecular complexity index is 728. The number of likely N-dealkylation sites (tertiary alicyclic amines) is 1. The molecular weight excluding hydrogens is 361 g/mol. The Balaban J connectivity index is 1.41. The number of nitrogens with one attached hydrogen (secondary N) is 2. The Morgan fingerprint density at radius 2 is 1.78 bits per heavy atom. The highest BCUT2D eigenvalue weighted by molar-refractivity contribution is 7.80. The monoisotopic (exact) mass is 387 g/mol. The zero-order chi connectivity index (χ0) is 19.1. The summed E-state index contributed by atoms with van der Waals surface area (Å²) in [6.07, 6.45) is 2.07. The van der Waals surface area contributed by atoms with E-state index in [0.717, 1.165) is 48.0 Å². The van der Waals surface area contributed by atoms with Crippen molar-refractivity contribution in [1.29, 1.82) is 0 Å². The van der Waals surface area contributed by atoms with Crippen molar-refractivity contribution in [2.75, 3.05) is 25.0 Å². The maximum Gasteiger partial charge on any atom is 0.169 e. The van der Waals surface area contributed by atoms with E-state index in [1.54, 1.807) is 12.1 Å². The molecule has 0 amide bonds. The van der Waals surface area contributed by atoms with Crippen molar-refractivity contribution in [2.24, 2.45) is 0 Å². The maximum absolute atomic E-state index is 13.0. The molecule has 0 unspecified atom stereocenters. The van der Waals surface area contributed by atoms with E-state index >= 15 is 0 Å². The van der Waals surface area contributed by atoms with E-state index in [2.05, 4.69) is 27.7 Å². The second-order valence-corrected chi connectivity index (χ2v) is 7.03. The standard InChI is InChI=1S/C21H26FN3OS/c1-2-26-20-9-7-18(8-10-20)24-19-11-13-25(14-12-19)21(27)23-15-16-3-5-17(22)6-4-16/h3-10,19,24H,2,11-15H2,1H3,(H,23,27). The summed E-state index contributed by atoms with van der Waals surface area (Å²) in [5.41, 5.74) is 2.14. The van der Waals surface area contributed by atoms with Crippen LogP contribution in [0.3, 0.4) is 0 Å². The maximum atomic E-state index is 13.0. The topological polar surface area (TPSA) is 36.5 Å². The van der Waals surface area contributed by atoms with Gasteiger partial charge >= 0.3 is 0 Å². The Kier molecular flexibility index (Phi) is 6.87. The van der Waals surface area contributed by atoms with Crippen LogP contribution in [0.15, 0.2) is 48.5 Å². The summed E-state index contributed by atoms with van der Waals surface area (Å²) >= 11 is 5.51. The van der Waals surface area contributed by atoms with Gasteiger partial charge < -0.3 is 20.3 Å². The van der Waals surface area contributed by atoms with Crippen molar-refractivity contribution in [3.8, 4) is 5.75 Å². The van der Waals surface area contributed by atoms with Crippen LogP contribution in [0.25, 0.3) is 0 Å². The number of rotatable bonds is 6. The number of halogens is 1. The molecule has 1 saturated heterocycles. The molecule has 1 heterocycles. The molecule has 0 spiro atoms. The first-order valence-electron chi connectivity index (χ1n) is 9.40. The molecule has 0 atom stereocenters. The molecule has 1 aliphatic rings. The van der Waals surface area contributed by atoms with E-state index < -0.39 is 0 Å². The van der Waals surface area contributed by atoms with Gasteiger partial charge in [0.1, 0.15) is 11.6 Å². The lowest BCUT2D eigenvalue weighted by atomic mass is 10.0. The van der Waals surface area contributed by atoms with Crippen LogP contribution >= 0.6 is 12.2 Å². The third-order valence-corrected chi connectivity index (χ3v) is 5.08. The number of ether oxygens (including phenoxy) is 1. The van der Waals surface area contributed by atoms with Crippen LogP contribution < -0.4 is 15.4 Å². The van der Waals surface area contributed by atoms with Crippen LogP contribution in [0.5, 0.6) is 5.75 Å². The van der Waals surface area contributed by atoms with Gasteiger partial charge in [-0.3, -0.25) is 0 Å². The van der Waals surface area contributed by atoms with Gasteiger partial charge in [0.25, 0.3) is 0 Å². The number of benzene rings is 2. The largest absolute Gasteiger partial charge is 0.494 e. The van der Waals surface area contributed by atoms with Crippen LogP contribution in [0.1, 0.15) is 25.3 Å².